The SMILES string of the molecule is O=C(N1CCCCC1)N1CCn2cc(-c3c[nH]cc3-c3nnc4ccccn34)c3cc(F)cc(c32)C1. The summed E-state index contributed by atoms with van der Waals surface area (Å²) in [5, 5.41) is 9.57. The number of carbonyl (C=O) groups excluding carboxylic acids is 1. The van der Waals surface area contributed by atoms with Crippen molar-refractivity contribution in [2.75, 3.05) is 19.6 Å². The lowest BCUT2D eigenvalue weighted by Gasteiger charge is -2.32. The van der Waals surface area contributed by atoms with E-state index < -0.39 is 0 Å². The third kappa shape index (κ3) is 3.30. The maximum absolute atomic E-state index is 15.0. The van der Waals surface area contributed by atoms with Crippen molar-refractivity contribution < 1.29 is 9.18 Å². The number of nitrogens with zero attached hydrogens (tertiary/aromatic N) is 6. The summed E-state index contributed by atoms with van der Waals surface area (Å²) in [4.78, 5) is 20.3. The van der Waals surface area contributed by atoms with Crippen molar-refractivity contribution in [1.82, 2.24) is 33.9 Å². The van der Waals surface area contributed by atoms with Gasteiger partial charge in [0.15, 0.2) is 11.5 Å². The zero-order valence-electron chi connectivity index (χ0n) is 19.8. The molecule has 1 N–H and O–H groups in total. The third-order valence-electron chi connectivity index (χ3n) is 7.48. The summed E-state index contributed by atoms with van der Waals surface area (Å²) in [6.07, 6.45) is 11.1. The number of amides is 2. The Kier molecular flexibility index (Phi) is 4.83. The van der Waals surface area contributed by atoms with Crippen molar-refractivity contribution in [3.8, 4) is 22.5 Å². The Balaban J connectivity index is 1.32. The van der Waals surface area contributed by atoms with Gasteiger partial charge in [0.25, 0.3) is 0 Å². The fraction of sp³-hybridized carbons (Fsp3) is 0.296. The normalized spacial score (nSPS) is 16.1. The Morgan fingerprint density at radius 3 is 2.67 bits per heavy atom. The lowest BCUT2D eigenvalue weighted by molar-refractivity contribution is 0.140. The minimum Gasteiger partial charge on any atom is -0.366 e. The predicted octanol–water partition coefficient (Wildman–Crippen LogP) is 4.91. The van der Waals surface area contributed by atoms with E-state index in [0.29, 0.717) is 19.6 Å². The molecular formula is C27H26FN7O. The number of hydrogen-bond donors (Lipinski definition) is 1. The summed E-state index contributed by atoms with van der Waals surface area (Å²) in [6, 6.07) is 9.04. The van der Waals surface area contributed by atoms with Crippen LogP contribution in [0.5, 0.6) is 0 Å². The maximum Gasteiger partial charge on any atom is 0.320 e. The molecule has 0 atom stereocenters. The first-order valence-electron chi connectivity index (χ1n) is 12.5. The first-order valence-corrected chi connectivity index (χ1v) is 12.5. The van der Waals surface area contributed by atoms with Crippen LogP contribution in [0.3, 0.4) is 0 Å². The zero-order valence-corrected chi connectivity index (χ0v) is 19.8. The van der Waals surface area contributed by atoms with Crippen LogP contribution in [0.2, 0.25) is 0 Å². The number of piperidine rings is 1. The average Bonchev–Trinajstić information content (AvgIpc) is 3.60. The number of likely N-dealkylation sites (tertiary alicyclic amines) is 1. The van der Waals surface area contributed by atoms with Gasteiger partial charge in [-0.1, -0.05) is 6.07 Å². The first kappa shape index (κ1) is 21.2. The van der Waals surface area contributed by atoms with Gasteiger partial charge in [-0.3, -0.25) is 4.40 Å². The molecule has 0 spiro atoms. The number of hydrogen-bond acceptors (Lipinski definition) is 3. The summed E-state index contributed by atoms with van der Waals surface area (Å²) in [6.45, 7) is 3.25. The van der Waals surface area contributed by atoms with Crippen LogP contribution >= 0.6 is 0 Å². The third-order valence-corrected chi connectivity index (χ3v) is 7.48. The van der Waals surface area contributed by atoms with Gasteiger partial charge in [-0.05, 0) is 49.1 Å². The second-order valence-electron chi connectivity index (χ2n) is 9.68. The molecule has 1 saturated heterocycles. The van der Waals surface area contributed by atoms with Crippen LogP contribution in [0.4, 0.5) is 9.18 Å². The quantitative estimate of drug-likeness (QED) is 0.388. The van der Waals surface area contributed by atoms with E-state index in [-0.39, 0.29) is 11.8 Å². The Bertz CT molecular complexity index is 1610. The highest BCUT2D eigenvalue weighted by molar-refractivity contribution is 6.01. The van der Waals surface area contributed by atoms with Gasteiger partial charge in [0, 0.05) is 79.6 Å². The molecule has 2 aliphatic rings. The van der Waals surface area contributed by atoms with E-state index in [2.05, 4.69) is 25.9 Å². The van der Waals surface area contributed by atoms with Gasteiger partial charge >= 0.3 is 6.03 Å². The molecule has 6 heterocycles. The molecule has 9 heteroatoms. The monoisotopic (exact) mass is 483 g/mol. The lowest BCUT2D eigenvalue weighted by Crippen LogP contribution is -2.45. The number of rotatable bonds is 2. The fourth-order valence-electron chi connectivity index (χ4n) is 5.76. The number of carbonyl (C=O) groups is 1. The van der Waals surface area contributed by atoms with Gasteiger partial charge < -0.3 is 19.4 Å². The van der Waals surface area contributed by atoms with E-state index in [9.17, 15) is 9.18 Å². The second-order valence-corrected chi connectivity index (χ2v) is 9.68. The Morgan fingerprint density at radius 2 is 1.78 bits per heavy atom. The number of H-pyrrole nitrogens is 1. The molecule has 36 heavy (non-hydrogen) atoms. The minimum absolute atomic E-state index is 0.0599. The van der Waals surface area contributed by atoms with E-state index in [0.717, 1.165) is 70.6 Å². The summed E-state index contributed by atoms with van der Waals surface area (Å²) in [7, 11) is 0. The zero-order chi connectivity index (χ0) is 24.2. The van der Waals surface area contributed by atoms with Crippen LogP contribution in [0.25, 0.3) is 39.1 Å². The van der Waals surface area contributed by atoms with Gasteiger partial charge in [-0.15, -0.1) is 10.2 Å². The van der Waals surface area contributed by atoms with Crippen LogP contribution in [-0.2, 0) is 13.1 Å². The standard InChI is InChI=1S/C27H26FN7O/c28-19-12-18-16-34(27(36)32-7-3-1-4-8-32)11-10-33-17-23(20(13-19)25(18)33)21-14-29-15-22(21)26-31-30-24-6-2-5-9-35(24)26/h2,5-6,9,12-15,17,29H,1,3-4,7-8,10-11,16H2. The molecule has 5 aromatic rings. The number of benzene rings is 1. The Labute approximate surface area is 207 Å². The van der Waals surface area contributed by atoms with Crippen LogP contribution in [0, 0.1) is 5.82 Å². The summed E-state index contributed by atoms with van der Waals surface area (Å²) >= 11 is 0. The number of halogens is 1. The van der Waals surface area contributed by atoms with Crippen LogP contribution < -0.4 is 0 Å². The highest BCUT2D eigenvalue weighted by Gasteiger charge is 2.28. The molecule has 2 aliphatic heterocycles. The predicted molar refractivity (Wildman–Crippen MR) is 135 cm³/mol. The van der Waals surface area contributed by atoms with E-state index >= 15 is 0 Å². The second kappa shape index (κ2) is 8.22. The smallest absolute Gasteiger partial charge is 0.320 e. The van der Waals surface area contributed by atoms with E-state index in [1.54, 1.807) is 12.1 Å². The van der Waals surface area contributed by atoms with Crippen LogP contribution in [0.15, 0.2) is 55.1 Å². The number of pyridine rings is 1. The summed E-state index contributed by atoms with van der Waals surface area (Å²) in [5.41, 5.74) is 5.37. The van der Waals surface area contributed by atoms with Gasteiger partial charge in [0.2, 0.25) is 0 Å². The molecule has 7 rings (SSSR count). The minimum atomic E-state index is -0.297. The molecule has 0 bridgehead atoms. The fourth-order valence-corrected chi connectivity index (χ4v) is 5.76. The molecule has 8 nitrogen and oxygen atoms in total. The molecule has 182 valence electrons. The van der Waals surface area contributed by atoms with Crippen molar-refractivity contribution in [3.05, 3.63) is 66.5 Å². The maximum atomic E-state index is 15.0. The average molecular weight is 484 g/mol. The molecule has 4 aromatic heterocycles. The number of fused-ring (bicyclic) bond motifs is 1. The molecule has 1 aromatic carbocycles. The summed E-state index contributed by atoms with van der Waals surface area (Å²) in [5.74, 6) is 0.429. The molecule has 1 fully saturated rings. The molecular weight excluding hydrogens is 457 g/mol. The largest absolute Gasteiger partial charge is 0.366 e. The Morgan fingerprint density at radius 1 is 0.917 bits per heavy atom. The lowest BCUT2D eigenvalue weighted by atomic mass is 10.0. The summed E-state index contributed by atoms with van der Waals surface area (Å²) < 4.78 is 19.1. The first-order chi connectivity index (χ1) is 17.7. The van der Waals surface area contributed by atoms with Crippen molar-refractivity contribution in [2.24, 2.45) is 0 Å². The van der Waals surface area contributed by atoms with E-state index in [4.69, 9.17) is 0 Å². The number of aromatic nitrogens is 5. The van der Waals surface area contributed by atoms with Crippen molar-refractivity contribution in [3.63, 3.8) is 0 Å². The Hall–Kier alpha value is -4.14. The molecule has 0 unspecified atom stereocenters. The van der Waals surface area contributed by atoms with Gasteiger partial charge in [0.1, 0.15) is 5.82 Å². The van der Waals surface area contributed by atoms with Crippen LogP contribution in [-0.4, -0.2) is 59.6 Å². The number of aromatic amines is 1. The van der Waals surface area contributed by atoms with Crippen LogP contribution in [0.1, 0.15) is 24.8 Å². The molecule has 0 radical (unpaired) electrons. The van der Waals surface area contributed by atoms with E-state index in [1.165, 1.54) is 6.42 Å². The van der Waals surface area contributed by atoms with Crippen molar-refractivity contribution in [1.29, 1.82) is 0 Å². The highest BCUT2D eigenvalue weighted by Crippen LogP contribution is 2.39. The van der Waals surface area contributed by atoms with Gasteiger partial charge in [-0.25, -0.2) is 9.18 Å². The highest BCUT2D eigenvalue weighted by atomic mass is 19.1. The van der Waals surface area contributed by atoms with Crippen molar-refractivity contribution >= 4 is 22.6 Å². The van der Waals surface area contributed by atoms with Gasteiger partial charge in [0.05, 0.1) is 5.52 Å². The topological polar surface area (TPSA) is 74.5 Å². The van der Waals surface area contributed by atoms with E-state index in [1.807, 2.05) is 51.0 Å². The molecule has 2 amide bonds. The molecule has 0 aliphatic carbocycles. The van der Waals surface area contributed by atoms with Gasteiger partial charge in [-0.2, -0.15) is 0 Å². The van der Waals surface area contributed by atoms with Crippen molar-refractivity contribution in [2.45, 2.75) is 32.4 Å². The number of urea groups is 1. The number of nitrogens with one attached hydrogen (secondary N) is 1. The molecule has 0 saturated carbocycles.